The van der Waals surface area contributed by atoms with Crippen molar-refractivity contribution in [2.24, 2.45) is 0 Å². The Morgan fingerprint density at radius 3 is 2.86 bits per heavy atom. The van der Waals surface area contributed by atoms with Crippen molar-refractivity contribution in [1.82, 2.24) is 0 Å². The molecule has 1 aliphatic rings. The second-order valence-corrected chi connectivity index (χ2v) is 5.28. The lowest BCUT2D eigenvalue weighted by Gasteiger charge is -2.20. The van der Waals surface area contributed by atoms with Crippen molar-refractivity contribution in [1.29, 1.82) is 0 Å². The maximum atomic E-state index is 13.1. The van der Waals surface area contributed by atoms with Crippen LogP contribution < -0.4 is 4.90 Å². The second-order valence-electron chi connectivity index (χ2n) is 5.28. The van der Waals surface area contributed by atoms with Crippen LogP contribution in [0.25, 0.3) is 6.08 Å². The number of halogens is 1. The summed E-state index contributed by atoms with van der Waals surface area (Å²) in [4.78, 5) is 14.2. The molecule has 1 amide bonds. The predicted molar refractivity (Wildman–Crippen MR) is 82.5 cm³/mol. The highest BCUT2D eigenvalue weighted by molar-refractivity contribution is 6.05. The zero-order valence-electron chi connectivity index (χ0n) is 11.8. The third-order valence-electron chi connectivity index (χ3n) is 3.71. The van der Waals surface area contributed by atoms with E-state index in [0.29, 0.717) is 5.56 Å². The van der Waals surface area contributed by atoms with Crippen LogP contribution in [-0.2, 0) is 11.2 Å². The number of carbonyl (C=O) groups excluding carboxylic acids is 1. The van der Waals surface area contributed by atoms with Gasteiger partial charge >= 0.3 is 0 Å². The molecule has 1 atom stereocenters. The summed E-state index contributed by atoms with van der Waals surface area (Å²) in [5.41, 5.74) is 2.85. The van der Waals surface area contributed by atoms with Gasteiger partial charge in [0.2, 0.25) is 0 Å². The van der Waals surface area contributed by atoms with E-state index in [1.165, 1.54) is 23.8 Å². The van der Waals surface area contributed by atoms with Crippen molar-refractivity contribution in [3.8, 4) is 0 Å². The summed E-state index contributed by atoms with van der Waals surface area (Å²) in [6.45, 7) is 2.04. The molecule has 106 valence electrons. The fourth-order valence-corrected chi connectivity index (χ4v) is 2.76. The summed E-state index contributed by atoms with van der Waals surface area (Å²) in [7, 11) is 0. The number of fused-ring (bicyclic) bond motifs is 1. The Morgan fingerprint density at radius 1 is 1.24 bits per heavy atom. The minimum absolute atomic E-state index is 0.0725. The van der Waals surface area contributed by atoms with Crippen LogP contribution in [0.1, 0.15) is 18.1 Å². The van der Waals surface area contributed by atoms with Gasteiger partial charge in [0, 0.05) is 17.8 Å². The Labute approximate surface area is 123 Å². The average Bonchev–Trinajstić information content (AvgIpc) is 2.81. The third-order valence-corrected chi connectivity index (χ3v) is 3.71. The molecule has 0 aromatic heterocycles. The van der Waals surface area contributed by atoms with E-state index in [9.17, 15) is 9.18 Å². The van der Waals surface area contributed by atoms with E-state index in [4.69, 9.17) is 0 Å². The molecule has 2 aromatic carbocycles. The van der Waals surface area contributed by atoms with Crippen molar-refractivity contribution in [2.45, 2.75) is 19.4 Å². The minimum atomic E-state index is -0.301. The molecule has 2 aromatic rings. The van der Waals surface area contributed by atoms with Crippen LogP contribution in [0.5, 0.6) is 0 Å². The fourth-order valence-electron chi connectivity index (χ4n) is 2.76. The average molecular weight is 281 g/mol. The van der Waals surface area contributed by atoms with Crippen LogP contribution in [0, 0.1) is 5.82 Å². The molecule has 0 saturated heterocycles. The van der Waals surface area contributed by atoms with Crippen LogP contribution in [0.4, 0.5) is 10.1 Å². The van der Waals surface area contributed by atoms with Gasteiger partial charge in [-0.15, -0.1) is 0 Å². The number of carbonyl (C=O) groups is 1. The molecule has 0 saturated carbocycles. The molecule has 1 aliphatic heterocycles. The molecule has 3 heteroatoms. The Morgan fingerprint density at radius 2 is 2.05 bits per heavy atom. The monoisotopic (exact) mass is 281 g/mol. The van der Waals surface area contributed by atoms with Gasteiger partial charge in [-0.05, 0) is 48.7 Å². The number of benzene rings is 2. The van der Waals surface area contributed by atoms with Crippen molar-refractivity contribution in [2.75, 3.05) is 4.90 Å². The van der Waals surface area contributed by atoms with Gasteiger partial charge in [-0.25, -0.2) is 4.39 Å². The summed E-state index contributed by atoms with van der Waals surface area (Å²) in [5.74, 6) is -0.374. The van der Waals surface area contributed by atoms with E-state index in [1.54, 1.807) is 23.1 Å². The van der Waals surface area contributed by atoms with Crippen LogP contribution in [-0.4, -0.2) is 11.9 Å². The zero-order chi connectivity index (χ0) is 14.8. The Balaban J connectivity index is 1.83. The molecular formula is C18H16FNO. The van der Waals surface area contributed by atoms with Crippen molar-refractivity contribution in [3.63, 3.8) is 0 Å². The molecule has 2 nitrogen and oxygen atoms in total. The summed E-state index contributed by atoms with van der Waals surface area (Å²) >= 11 is 0. The molecule has 0 spiro atoms. The first-order valence-electron chi connectivity index (χ1n) is 7.00. The van der Waals surface area contributed by atoms with E-state index >= 15 is 0 Å². The summed E-state index contributed by atoms with van der Waals surface area (Å²) in [6, 6.07) is 14.3. The number of para-hydroxylation sites is 1. The first-order chi connectivity index (χ1) is 10.1. The lowest BCUT2D eigenvalue weighted by atomic mass is 10.1. The van der Waals surface area contributed by atoms with Crippen LogP contribution >= 0.6 is 0 Å². The van der Waals surface area contributed by atoms with Crippen LogP contribution in [0.3, 0.4) is 0 Å². The number of amides is 1. The topological polar surface area (TPSA) is 20.3 Å². The van der Waals surface area contributed by atoms with Gasteiger partial charge in [-0.2, -0.15) is 0 Å². The Kier molecular flexibility index (Phi) is 3.57. The van der Waals surface area contributed by atoms with Gasteiger partial charge in [0.15, 0.2) is 0 Å². The summed E-state index contributed by atoms with van der Waals surface area (Å²) in [6.07, 6.45) is 4.03. The number of anilines is 1. The zero-order valence-corrected chi connectivity index (χ0v) is 11.8. The first kappa shape index (κ1) is 13.6. The molecule has 0 fully saturated rings. The largest absolute Gasteiger partial charge is 0.305 e. The fraction of sp³-hybridized carbons (Fsp3) is 0.167. The third kappa shape index (κ3) is 2.72. The van der Waals surface area contributed by atoms with Gasteiger partial charge in [0.25, 0.3) is 5.91 Å². The van der Waals surface area contributed by atoms with Gasteiger partial charge in [0.05, 0.1) is 0 Å². The Bertz CT molecular complexity index is 708. The van der Waals surface area contributed by atoms with Crippen LogP contribution in [0.15, 0.2) is 54.6 Å². The molecule has 0 bridgehead atoms. The number of hydrogen-bond donors (Lipinski definition) is 0. The molecule has 0 radical (unpaired) electrons. The van der Waals surface area contributed by atoms with Gasteiger partial charge in [0.1, 0.15) is 5.82 Å². The number of nitrogens with zero attached hydrogens (tertiary/aromatic N) is 1. The molecule has 0 N–H and O–H groups in total. The Hall–Kier alpha value is -2.42. The summed E-state index contributed by atoms with van der Waals surface area (Å²) in [5, 5.41) is 0. The maximum Gasteiger partial charge on any atom is 0.251 e. The van der Waals surface area contributed by atoms with Gasteiger partial charge in [-0.1, -0.05) is 30.3 Å². The molecule has 3 rings (SSSR count). The predicted octanol–water partition coefficient (Wildman–Crippen LogP) is 3.82. The number of rotatable bonds is 2. The lowest BCUT2D eigenvalue weighted by molar-refractivity contribution is -0.114. The highest BCUT2D eigenvalue weighted by atomic mass is 19.1. The highest BCUT2D eigenvalue weighted by Gasteiger charge is 2.29. The van der Waals surface area contributed by atoms with E-state index in [1.807, 2.05) is 25.1 Å². The molecule has 1 heterocycles. The SMILES string of the molecule is C[C@@H]1Cc2ccccc2N1C(=O)/C=C/c1cccc(F)c1. The highest BCUT2D eigenvalue weighted by Crippen LogP contribution is 2.31. The quantitative estimate of drug-likeness (QED) is 0.766. The smallest absolute Gasteiger partial charge is 0.251 e. The summed E-state index contributed by atoms with van der Waals surface area (Å²) < 4.78 is 13.1. The standard InChI is InChI=1S/C18H16FNO/c1-13-11-15-6-2-3-8-17(15)20(13)18(21)10-9-14-5-4-7-16(19)12-14/h2-10,12-13H,11H2,1H3/b10-9+/t13-/m1/s1. The van der Waals surface area contributed by atoms with Gasteiger partial charge in [-0.3, -0.25) is 4.79 Å². The lowest BCUT2D eigenvalue weighted by Crippen LogP contribution is -2.34. The molecule has 0 unspecified atom stereocenters. The maximum absolute atomic E-state index is 13.1. The van der Waals surface area contributed by atoms with E-state index in [0.717, 1.165) is 12.1 Å². The first-order valence-corrected chi connectivity index (χ1v) is 7.00. The second kappa shape index (κ2) is 5.52. The molecule has 21 heavy (non-hydrogen) atoms. The van der Waals surface area contributed by atoms with Crippen molar-refractivity contribution in [3.05, 3.63) is 71.6 Å². The minimum Gasteiger partial charge on any atom is -0.305 e. The van der Waals surface area contributed by atoms with Crippen molar-refractivity contribution >= 4 is 17.7 Å². The van der Waals surface area contributed by atoms with Crippen molar-refractivity contribution < 1.29 is 9.18 Å². The van der Waals surface area contributed by atoms with E-state index in [2.05, 4.69) is 6.07 Å². The number of hydrogen-bond acceptors (Lipinski definition) is 1. The molecular weight excluding hydrogens is 265 g/mol. The van der Waals surface area contributed by atoms with E-state index < -0.39 is 0 Å². The van der Waals surface area contributed by atoms with E-state index in [-0.39, 0.29) is 17.8 Å². The normalized spacial score (nSPS) is 17.2. The van der Waals surface area contributed by atoms with Gasteiger partial charge < -0.3 is 4.90 Å². The van der Waals surface area contributed by atoms with Crippen LogP contribution in [0.2, 0.25) is 0 Å². The molecule has 0 aliphatic carbocycles.